The van der Waals surface area contributed by atoms with Gasteiger partial charge >= 0.3 is 0 Å². The molecule has 2 aromatic carbocycles. The fraction of sp³-hybridized carbons (Fsp3) is 0.438. The van der Waals surface area contributed by atoms with E-state index < -0.39 is 5.92 Å². The van der Waals surface area contributed by atoms with E-state index >= 15 is 0 Å². The van der Waals surface area contributed by atoms with Crippen molar-refractivity contribution in [3.8, 4) is 5.75 Å². The number of carbonyl (C=O) groups is 2. The van der Waals surface area contributed by atoms with Gasteiger partial charge in [-0.3, -0.25) is 9.59 Å². The normalized spacial score (nSPS) is 20.8. The van der Waals surface area contributed by atoms with Gasteiger partial charge in [0.15, 0.2) is 11.6 Å². The fourth-order valence-electron chi connectivity index (χ4n) is 6.45. The third-order valence-corrected chi connectivity index (χ3v) is 9.06. The highest BCUT2D eigenvalue weighted by atomic mass is 79.9. The first-order valence-electron chi connectivity index (χ1n) is 13.5. The number of hydrogen-bond acceptors (Lipinski definition) is 4. The molecular formula is C32H34Br2FNO3. The average Bonchev–Trinajstić information content (AvgIpc) is 2.81. The van der Waals surface area contributed by atoms with E-state index in [9.17, 15) is 14.0 Å². The molecule has 0 unspecified atom stereocenters. The highest BCUT2D eigenvalue weighted by Gasteiger charge is 2.49. The van der Waals surface area contributed by atoms with Crippen LogP contribution < -0.4 is 4.74 Å². The van der Waals surface area contributed by atoms with Crippen molar-refractivity contribution < 1.29 is 18.7 Å². The number of halogens is 3. The minimum atomic E-state index is -0.547. The Bertz CT molecular complexity index is 1380. The molecule has 0 saturated heterocycles. The Morgan fingerprint density at radius 3 is 2.03 bits per heavy atom. The van der Waals surface area contributed by atoms with E-state index in [-0.39, 0.29) is 34.8 Å². The minimum absolute atomic E-state index is 0.0213. The summed E-state index contributed by atoms with van der Waals surface area (Å²) in [7, 11) is 0. The molecule has 5 rings (SSSR count). The van der Waals surface area contributed by atoms with Gasteiger partial charge in [-0.25, -0.2) is 4.39 Å². The lowest BCUT2D eigenvalue weighted by molar-refractivity contribution is -0.119. The zero-order chi connectivity index (χ0) is 28.3. The van der Waals surface area contributed by atoms with Crippen molar-refractivity contribution >= 4 is 43.4 Å². The molecule has 1 heterocycles. The Kier molecular flexibility index (Phi) is 7.47. The molecular weight excluding hydrogens is 625 g/mol. The smallest absolute Gasteiger partial charge is 0.162 e. The molecule has 206 valence electrons. The fourth-order valence-corrected chi connectivity index (χ4v) is 7.83. The van der Waals surface area contributed by atoms with E-state index in [4.69, 9.17) is 4.74 Å². The number of hydrogen-bond donors (Lipinski definition) is 0. The average molecular weight is 659 g/mol. The third kappa shape index (κ3) is 5.29. The topological polar surface area (TPSA) is 46.6 Å². The number of benzene rings is 2. The van der Waals surface area contributed by atoms with Gasteiger partial charge in [0.05, 0.1) is 4.47 Å². The number of ketones is 2. The van der Waals surface area contributed by atoms with Crippen LogP contribution >= 0.6 is 31.9 Å². The highest BCUT2D eigenvalue weighted by molar-refractivity contribution is 9.11. The molecule has 39 heavy (non-hydrogen) atoms. The summed E-state index contributed by atoms with van der Waals surface area (Å²) in [6, 6.07) is 10.4. The molecule has 0 amide bonds. The van der Waals surface area contributed by atoms with Gasteiger partial charge in [-0.2, -0.15) is 0 Å². The first-order valence-corrected chi connectivity index (χ1v) is 15.1. The quantitative estimate of drug-likeness (QED) is 0.323. The molecule has 0 N–H and O–H groups in total. The van der Waals surface area contributed by atoms with Crippen LogP contribution in [0.4, 0.5) is 4.39 Å². The van der Waals surface area contributed by atoms with Gasteiger partial charge in [0.1, 0.15) is 18.2 Å². The van der Waals surface area contributed by atoms with E-state index in [1.807, 2.05) is 12.1 Å². The largest absolute Gasteiger partial charge is 0.487 e. The van der Waals surface area contributed by atoms with Crippen LogP contribution in [0.25, 0.3) is 0 Å². The summed E-state index contributed by atoms with van der Waals surface area (Å²) in [6.45, 7) is 11.3. The van der Waals surface area contributed by atoms with Gasteiger partial charge in [0.2, 0.25) is 0 Å². The van der Waals surface area contributed by atoms with Crippen LogP contribution in [0.3, 0.4) is 0 Å². The molecule has 2 aromatic rings. The Hall–Kier alpha value is -2.25. The van der Waals surface area contributed by atoms with Crippen LogP contribution in [-0.4, -0.2) is 23.0 Å². The highest BCUT2D eigenvalue weighted by Crippen LogP contribution is 2.56. The van der Waals surface area contributed by atoms with Crippen LogP contribution in [-0.2, 0) is 16.2 Å². The molecule has 0 fully saturated rings. The second-order valence-corrected chi connectivity index (χ2v) is 14.2. The molecule has 4 nitrogen and oxygen atoms in total. The number of ether oxygens (including phenoxy) is 1. The number of allylic oxidation sites excluding steroid dienone is 4. The van der Waals surface area contributed by atoms with E-state index in [1.54, 1.807) is 18.2 Å². The monoisotopic (exact) mass is 657 g/mol. The first-order chi connectivity index (χ1) is 18.3. The van der Waals surface area contributed by atoms with Gasteiger partial charge in [-0.05, 0) is 64.7 Å². The Morgan fingerprint density at radius 1 is 0.923 bits per heavy atom. The van der Waals surface area contributed by atoms with Gasteiger partial charge in [0, 0.05) is 63.4 Å². The Labute approximate surface area is 246 Å². The van der Waals surface area contributed by atoms with Crippen molar-refractivity contribution in [1.29, 1.82) is 0 Å². The minimum Gasteiger partial charge on any atom is -0.487 e. The van der Waals surface area contributed by atoms with Gasteiger partial charge in [-0.1, -0.05) is 61.8 Å². The van der Waals surface area contributed by atoms with Gasteiger partial charge in [0.25, 0.3) is 0 Å². The van der Waals surface area contributed by atoms with Crippen molar-refractivity contribution in [3.05, 3.63) is 84.8 Å². The number of rotatable bonds is 5. The molecule has 0 bridgehead atoms. The lowest BCUT2D eigenvalue weighted by atomic mass is 9.63. The van der Waals surface area contributed by atoms with E-state index in [1.165, 1.54) is 6.07 Å². The third-order valence-electron chi connectivity index (χ3n) is 8.02. The van der Waals surface area contributed by atoms with Gasteiger partial charge in [-0.15, -0.1) is 0 Å². The Balaban J connectivity index is 1.74. The molecule has 0 spiro atoms. The molecule has 0 radical (unpaired) electrons. The maximum atomic E-state index is 14.5. The lowest BCUT2D eigenvalue weighted by Crippen LogP contribution is -2.44. The maximum Gasteiger partial charge on any atom is 0.162 e. The summed E-state index contributed by atoms with van der Waals surface area (Å²) < 4.78 is 22.3. The number of Topliss-reactive ketones (excluding diaryl/α,β-unsaturated/α-hetero) is 2. The second kappa shape index (κ2) is 10.3. The lowest BCUT2D eigenvalue weighted by Gasteiger charge is -2.49. The number of carbonyl (C=O) groups excluding carboxylic acids is 2. The van der Waals surface area contributed by atoms with Gasteiger partial charge < -0.3 is 9.64 Å². The molecule has 0 atom stereocenters. The van der Waals surface area contributed by atoms with Crippen LogP contribution in [0.1, 0.15) is 77.3 Å². The summed E-state index contributed by atoms with van der Waals surface area (Å²) in [6.07, 6.45) is 2.35. The molecule has 1 aliphatic heterocycles. The summed E-state index contributed by atoms with van der Waals surface area (Å²) in [5.41, 5.74) is 4.25. The molecule has 0 aromatic heterocycles. The summed E-state index contributed by atoms with van der Waals surface area (Å²) in [5, 5.41) is 0. The van der Waals surface area contributed by atoms with E-state index in [0.29, 0.717) is 46.3 Å². The molecule has 3 aliphatic rings. The van der Waals surface area contributed by atoms with Crippen molar-refractivity contribution in [3.63, 3.8) is 0 Å². The summed E-state index contributed by atoms with van der Waals surface area (Å²) in [5.74, 6) is -0.220. The van der Waals surface area contributed by atoms with Crippen LogP contribution in [0.15, 0.2) is 67.9 Å². The van der Waals surface area contributed by atoms with Crippen molar-refractivity contribution in [2.45, 2.75) is 72.8 Å². The van der Waals surface area contributed by atoms with Crippen LogP contribution in [0.2, 0.25) is 0 Å². The van der Waals surface area contributed by atoms with Crippen LogP contribution in [0.5, 0.6) is 5.75 Å². The van der Waals surface area contributed by atoms with E-state index in [0.717, 1.165) is 34.3 Å². The summed E-state index contributed by atoms with van der Waals surface area (Å²) in [4.78, 5) is 30.2. The first kappa shape index (κ1) is 28.3. The van der Waals surface area contributed by atoms with Crippen molar-refractivity contribution in [1.82, 2.24) is 4.90 Å². The molecule has 2 aliphatic carbocycles. The SMILES string of the molecule is CCN1C2=C(C(=O)CC(C)(C)C2)C(c2cc(Br)cc(Br)c2OCc2ccccc2F)C2=C1CC(C)(C)CC2=O. The number of nitrogens with zero attached hydrogens (tertiary/aromatic N) is 1. The maximum absolute atomic E-state index is 14.5. The predicted molar refractivity (Wildman–Crippen MR) is 158 cm³/mol. The zero-order valence-corrected chi connectivity index (χ0v) is 26.3. The summed E-state index contributed by atoms with van der Waals surface area (Å²) >= 11 is 7.30. The Morgan fingerprint density at radius 2 is 1.49 bits per heavy atom. The second-order valence-electron chi connectivity index (χ2n) is 12.5. The molecule has 7 heteroatoms. The van der Waals surface area contributed by atoms with Crippen molar-refractivity contribution in [2.24, 2.45) is 10.8 Å². The van der Waals surface area contributed by atoms with Crippen LogP contribution in [0, 0.1) is 16.6 Å². The predicted octanol–water partition coefficient (Wildman–Crippen LogP) is 8.64. The van der Waals surface area contributed by atoms with Crippen molar-refractivity contribution in [2.75, 3.05) is 6.54 Å². The zero-order valence-electron chi connectivity index (χ0n) is 23.1. The molecule has 0 saturated carbocycles. The van der Waals surface area contributed by atoms with E-state index in [2.05, 4.69) is 71.4 Å². The standard InChI is InChI=1S/C32H34Br2FNO3/c1-6-36-23-13-31(2,3)15-25(37)28(23)27(29-24(36)14-32(4,5)16-26(29)38)20-11-19(33)12-21(34)30(20)39-17-18-9-7-8-10-22(18)35/h7-12,27H,6,13-17H2,1-5H3.